The quantitative estimate of drug-likeness (QED) is 0.752. The molecule has 0 aliphatic carbocycles. The number of carbonyl (C=O) groups is 1. The zero-order chi connectivity index (χ0) is 14.8. The first kappa shape index (κ1) is 13.6. The van der Waals surface area contributed by atoms with Gasteiger partial charge in [0, 0.05) is 24.3 Å². The van der Waals surface area contributed by atoms with Crippen LogP contribution >= 0.6 is 11.6 Å². The average molecular weight is 301 g/mol. The first-order valence-electron chi connectivity index (χ1n) is 6.46. The third kappa shape index (κ3) is 2.76. The van der Waals surface area contributed by atoms with Crippen molar-refractivity contribution in [2.24, 2.45) is 0 Å². The predicted molar refractivity (Wildman–Crippen MR) is 81.7 cm³/mol. The Balaban J connectivity index is 1.98. The van der Waals surface area contributed by atoms with Crippen molar-refractivity contribution in [1.82, 2.24) is 9.97 Å². The number of aromatic amines is 1. The highest BCUT2D eigenvalue weighted by Gasteiger charge is 2.14. The Kier molecular flexibility index (Phi) is 3.62. The van der Waals surface area contributed by atoms with Crippen LogP contribution in [-0.4, -0.2) is 23.0 Å². The molecule has 0 saturated heterocycles. The molecule has 2 aromatic heterocycles. The number of nitrogens with one attached hydrogen (secondary N) is 1. The summed E-state index contributed by atoms with van der Waals surface area (Å²) in [4.78, 5) is 19.2. The number of carbonyl (C=O) groups excluding carboxylic acids is 1. The van der Waals surface area contributed by atoms with E-state index in [-0.39, 0.29) is 0 Å². The minimum absolute atomic E-state index is 0.402. The Hall–Kier alpha value is -2.33. The topological polar surface area (TPSA) is 55.0 Å². The Labute approximate surface area is 126 Å². The van der Waals surface area contributed by atoms with Crippen LogP contribution in [-0.2, 0) is 11.2 Å². The Morgan fingerprint density at radius 3 is 3.00 bits per heavy atom. The fourth-order valence-electron chi connectivity index (χ4n) is 2.30. The van der Waals surface area contributed by atoms with Crippen molar-refractivity contribution in [3.63, 3.8) is 0 Å². The van der Waals surface area contributed by atoms with Crippen molar-refractivity contribution in [2.45, 2.75) is 6.42 Å². The van der Waals surface area contributed by atoms with Gasteiger partial charge in [-0.2, -0.15) is 0 Å². The molecule has 3 rings (SSSR count). The van der Waals surface area contributed by atoms with Crippen molar-refractivity contribution in [1.29, 1.82) is 0 Å². The largest absolute Gasteiger partial charge is 0.465 e. The maximum Gasteiger partial charge on any atom is 0.339 e. The van der Waals surface area contributed by atoms with Crippen LogP contribution in [0.3, 0.4) is 0 Å². The van der Waals surface area contributed by atoms with E-state index < -0.39 is 5.97 Å². The number of benzene rings is 1. The second kappa shape index (κ2) is 5.58. The van der Waals surface area contributed by atoms with E-state index in [0.29, 0.717) is 22.7 Å². The normalized spacial score (nSPS) is 10.8. The maximum absolute atomic E-state index is 11.8. The van der Waals surface area contributed by atoms with Gasteiger partial charge in [-0.3, -0.25) is 4.98 Å². The zero-order valence-corrected chi connectivity index (χ0v) is 12.1. The van der Waals surface area contributed by atoms with Crippen LogP contribution in [0.1, 0.15) is 21.6 Å². The number of methoxy groups -OCH3 is 1. The van der Waals surface area contributed by atoms with Crippen molar-refractivity contribution in [3.05, 3.63) is 64.6 Å². The molecular formula is C16H13ClN2O2. The molecule has 0 saturated carbocycles. The average Bonchev–Trinajstić information content (AvgIpc) is 2.96. The molecule has 0 unspecified atom stereocenters. The van der Waals surface area contributed by atoms with Gasteiger partial charge in [-0.25, -0.2) is 4.79 Å². The Bertz CT molecular complexity index is 811. The molecule has 0 radical (unpaired) electrons. The number of pyridine rings is 1. The molecule has 0 amide bonds. The molecule has 0 aliphatic heterocycles. The van der Waals surface area contributed by atoms with E-state index in [1.165, 1.54) is 13.3 Å². The number of H-pyrrole nitrogens is 1. The lowest BCUT2D eigenvalue weighted by Gasteiger charge is -2.08. The third-order valence-electron chi connectivity index (χ3n) is 3.33. The summed E-state index contributed by atoms with van der Waals surface area (Å²) in [5, 5.41) is 1.54. The molecule has 21 heavy (non-hydrogen) atoms. The molecule has 5 heteroatoms. The molecule has 0 bridgehead atoms. The molecule has 0 fully saturated rings. The van der Waals surface area contributed by atoms with E-state index >= 15 is 0 Å². The van der Waals surface area contributed by atoms with E-state index in [0.717, 1.165) is 16.5 Å². The molecule has 0 aliphatic rings. The van der Waals surface area contributed by atoms with E-state index in [1.807, 2.05) is 24.4 Å². The van der Waals surface area contributed by atoms with Gasteiger partial charge in [-0.05, 0) is 35.2 Å². The summed E-state index contributed by atoms with van der Waals surface area (Å²) in [5.74, 6) is -0.428. The van der Waals surface area contributed by atoms with Gasteiger partial charge in [0.15, 0.2) is 0 Å². The highest BCUT2D eigenvalue weighted by Crippen LogP contribution is 2.20. The lowest BCUT2D eigenvalue weighted by Crippen LogP contribution is -2.08. The molecule has 4 nitrogen and oxygen atoms in total. The van der Waals surface area contributed by atoms with Crippen LogP contribution in [0.25, 0.3) is 10.9 Å². The van der Waals surface area contributed by atoms with Gasteiger partial charge >= 0.3 is 5.97 Å². The first-order valence-corrected chi connectivity index (χ1v) is 6.84. The third-order valence-corrected chi connectivity index (χ3v) is 3.54. The van der Waals surface area contributed by atoms with Crippen molar-refractivity contribution in [2.75, 3.05) is 7.11 Å². The maximum atomic E-state index is 11.8. The minimum Gasteiger partial charge on any atom is -0.465 e. The highest BCUT2D eigenvalue weighted by molar-refractivity contribution is 6.30. The van der Waals surface area contributed by atoms with Crippen molar-refractivity contribution in [3.8, 4) is 0 Å². The van der Waals surface area contributed by atoms with Gasteiger partial charge in [0.1, 0.15) is 0 Å². The van der Waals surface area contributed by atoms with Crippen LogP contribution in [0.2, 0.25) is 5.02 Å². The van der Waals surface area contributed by atoms with Gasteiger partial charge in [-0.15, -0.1) is 0 Å². The van der Waals surface area contributed by atoms with Crippen LogP contribution < -0.4 is 0 Å². The van der Waals surface area contributed by atoms with Crippen molar-refractivity contribution < 1.29 is 9.53 Å². The van der Waals surface area contributed by atoms with E-state index in [4.69, 9.17) is 16.3 Å². The molecular weight excluding hydrogens is 288 g/mol. The molecule has 0 atom stereocenters. The van der Waals surface area contributed by atoms with E-state index in [2.05, 4.69) is 16.0 Å². The summed E-state index contributed by atoms with van der Waals surface area (Å²) in [6.07, 6.45) is 3.98. The number of halogens is 1. The highest BCUT2D eigenvalue weighted by atomic mass is 35.5. The van der Waals surface area contributed by atoms with E-state index in [9.17, 15) is 4.79 Å². The minimum atomic E-state index is -0.428. The van der Waals surface area contributed by atoms with Gasteiger partial charge in [0.2, 0.25) is 0 Å². The fourth-order valence-corrected chi connectivity index (χ4v) is 2.46. The second-order valence-electron chi connectivity index (χ2n) is 4.72. The lowest BCUT2D eigenvalue weighted by atomic mass is 10.0. The zero-order valence-electron chi connectivity index (χ0n) is 11.4. The summed E-state index contributed by atoms with van der Waals surface area (Å²) < 4.78 is 4.78. The summed E-state index contributed by atoms with van der Waals surface area (Å²) in [5.41, 5.74) is 3.21. The molecule has 3 aromatic rings. The van der Waals surface area contributed by atoms with Gasteiger partial charge in [0.25, 0.3) is 0 Å². The number of hydrogen-bond donors (Lipinski definition) is 1. The van der Waals surface area contributed by atoms with E-state index in [1.54, 1.807) is 6.07 Å². The molecule has 0 spiro atoms. The van der Waals surface area contributed by atoms with Crippen LogP contribution in [0, 0.1) is 0 Å². The second-order valence-corrected chi connectivity index (χ2v) is 5.15. The number of esters is 1. The fraction of sp³-hybridized carbons (Fsp3) is 0.125. The van der Waals surface area contributed by atoms with Crippen LogP contribution in [0.15, 0.2) is 42.7 Å². The standard InChI is InChI=1S/C16H13ClN2O2/c1-21-16(20)13-8-12(17)9-19-15(13)7-10-2-3-14-11(6-10)4-5-18-14/h2-6,8-9,18H,7H2,1H3. The SMILES string of the molecule is COC(=O)c1cc(Cl)cnc1Cc1ccc2[nH]ccc2c1. The number of rotatable bonds is 3. The van der Waals surface area contributed by atoms with Crippen molar-refractivity contribution >= 4 is 28.5 Å². The van der Waals surface area contributed by atoms with Gasteiger partial charge in [-0.1, -0.05) is 17.7 Å². The molecule has 1 N–H and O–H groups in total. The lowest BCUT2D eigenvalue weighted by molar-refractivity contribution is 0.0599. The number of fused-ring (bicyclic) bond motifs is 1. The molecule has 106 valence electrons. The number of ether oxygens (including phenoxy) is 1. The summed E-state index contributed by atoms with van der Waals surface area (Å²) in [6.45, 7) is 0. The summed E-state index contributed by atoms with van der Waals surface area (Å²) in [6, 6.07) is 9.69. The number of aromatic nitrogens is 2. The Morgan fingerprint density at radius 2 is 2.19 bits per heavy atom. The number of nitrogens with zero attached hydrogens (tertiary/aromatic N) is 1. The van der Waals surface area contributed by atoms with Crippen LogP contribution in [0.5, 0.6) is 0 Å². The first-order chi connectivity index (χ1) is 10.2. The monoisotopic (exact) mass is 300 g/mol. The van der Waals surface area contributed by atoms with Gasteiger partial charge < -0.3 is 9.72 Å². The van der Waals surface area contributed by atoms with Gasteiger partial charge in [0.05, 0.1) is 23.4 Å². The summed E-state index contributed by atoms with van der Waals surface area (Å²) >= 11 is 5.91. The number of hydrogen-bond acceptors (Lipinski definition) is 3. The Morgan fingerprint density at radius 1 is 1.33 bits per heavy atom. The molecule has 2 heterocycles. The smallest absolute Gasteiger partial charge is 0.339 e. The predicted octanol–water partition coefficient (Wildman–Crippen LogP) is 3.59. The summed E-state index contributed by atoms with van der Waals surface area (Å²) in [7, 11) is 1.35. The molecule has 1 aromatic carbocycles. The van der Waals surface area contributed by atoms with Crippen LogP contribution in [0.4, 0.5) is 0 Å².